The molecule has 0 aromatic carbocycles. The Kier molecular flexibility index (Phi) is 5.46. The summed E-state index contributed by atoms with van der Waals surface area (Å²) >= 11 is 0. The fourth-order valence-corrected chi connectivity index (χ4v) is 0.632. The summed E-state index contributed by atoms with van der Waals surface area (Å²) in [5.41, 5.74) is 0. The smallest absolute Gasteiger partial charge is 0.118 e. The molecule has 1 N–H and O–H groups in total. The second-order valence-corrected chi connectivity index (χ2v) is 3.27. The van der Waals surface area contributed by atoms with E-state index in [0.29, 0.717) is 6.61 Å². The van der Waals surface area contributed by atoms with Gasteiger partial charge in [-0.2, -0.15) is 0 Å². The minimum Gasteiger partial charge on any atom is -0.376 e. The van der Waals surface area contributed by atoms with Crippen LogP contribution in [-0.2, 0) is 9.62 Å². The molecule has 0 saturated heterocycles. The molecule has 0 aliphatic carbocycles. The molecular formula is C8H18O3. The van der Waals surface area contributed by atoms with Crippen molar-refractivity contribution in [2.75, 3.05) is 6.61 Å². The molecule has 3 heteroatoms. The van der Waals surface area contributed by atoms with E-state index in [9.17, 15) is 0 Å². The predicted octanol–water partition coefficient (Wildman–Crippen LogP) is 1.93. The van der Waals surface area contributed by atoms with Crippen LogP contribution in [0.1, 0.15) is 27.7 Å². The van der Waals surface area contributed by atoms with Crippen LogP contribution in [0.15, 0.2) is 0 Å². The van der Waals surface area contributed by atoms with Crippen molar-refractivity contribution in [3.05, 3.63) is 0 Å². The van der Waals surface area contributed by atoms with Crippen LogP contribution in [0.4, 0.5) is 0 Å². The van der Waals surface area contributed by atoms with Gasteiger partial charge in [0.05, 0.1) is 12.7 Å². The maximum Gasteiger partial charge on any atom is 0.118 e. The highest BCUT2D eigenvalue weighted by atomic mass is 17.1. The number of rotatable bonds is 5. The van der Waals surface area contributed by atoms with Gasteiger partial charge in [0.15, 0.2) is 0 Å². The van der Waals surface area contributed by atoms with Gasteiger partial charge in [-0.25, -0.2) is 4.89 Å². The first-order valence-corrected chi connectivity index (χ1v) is 3.99. The molecule has 68 valence electrons. The van der Waals surface area contributed by atoms with E-state index in [2.05, 4.69) is 4.89 Å². The summed E-state index contributed by atoms with van der Waals surface area (Å²) in [5, 5.41) is 8.43. The number of ether oxygens (including phenoxy) is 1. The summed E-state index contributed by atoms with van der Waals surface area (Å²) in [7, 11) is 0. The third kappa shape index (κ3) is 5.18. The molecule has 3 nitrogen and oxygen atoms in total. The molecule has 0 fully saturated rings. The lowest BCUT2D eigenvalue weighted by molar-refractivity contribution is -0.298. The third-order valence-corrected chi connectivity index (χ3v) is 1.47. The van der Waals surface area contributed by atoms with Crippen molar-refractivity contribution in [2.24, 2.45) is 5.92 Å². The van der Waals surface area contributed by atoms with E-state index in [4.69, 9.17) is 9.99 Å². The molecular weight excluding hydrogens is 144 g/mol. The van der Waals surface area contributed by atoms with Crippen LogP contribution in [-0.4, -0.2) is 24.1 Å². The zero-order chi connectivity index (χ0) is 8.85. The molecule has 0 spiro atoms. The van der Waals surface area contributed by atoms with Gasteiger partial charge in [0, 0.05) is 0 Å². The van der Waals surface area contributed by atoms with Gasteiger partial charge in [-0.05, 0) is 19.8 Å². The summed E-state index contributed by atoms with van der Waals surface area (Å²) in [6.07, 6.45) is -0.0243. The fraction of sp³-hybridized carbons (Fsp3) is 1.00. The minimum atomic E-state index is -0.211. The first kappa shape index (κ1) is 10.9. The van der Waals surface area contributed by atoms with Crippen LogP contribution >= 0.6 is 0 Å². The lowest BCUT2D eigenvalue weighted by Gasteiger charge is -2.18. The average Bonchev–Trinajstić information content (AvgIpc) is 1.87. The van der Waals surface area contributed by atoms with Gasteiger partial charge in [-0.1, -0.05) is 13.8 Å². The standard InChI is InChI=1S/C8H18O3/c1-6(2)8(11-9)5-10-7(3)4/h6-9H,5H2,1-4H3. The SMILES string of the molecule is CC(C)OCC(OO)C(C)C. The van der Waals surface area contributed by atoms with Crippen molar-refractivity contribution in [1.82, 2.24) is 0 Å². The largest absolute Gasteiger partial charge is 0.376 e. The van der Waals surface area contributed by atoms with E-state index in [-0.39, 0.29) is 18.1 Å². The lowest BCUT2D eigenvalue weighted by Crippen LogP contribution is -2.26. The second kappa shape index (κ2) is 5.52. The molecule has 0 aromatic rings. The molecule has 0 saturated carbocycles. The van der Waals surface area contributed by atoms with Crippen molar-refractivity contribution >= 4 is 0 Å². The van der Waals surface area contributed by atoms with Gasteiger partial charge >= 0.3 is 0 Å². The Morgan fingerprint density at radius 1 is 1.18 bits per heavy atom. The Hall–Kier alpha value is -0.120. The molecule has 0 aliphatic heterocycles. The minimum absolute atomic E-state index is 0.186. The summed E-state index contributed by atoms with van der Waals surface area (Å²) in [4.78, 5) is 4.24. The highest BCUT2D eigenvalue weighted by Crippen LogP contribution is 2.06. The topological polar surface area (TPSA) is 38.7 Å². The molecule has 0 radical (unpaired) electrons. The molecule has 11 heavy (non-hydrogen) atoms. The molecule has 1 atom stereocenters. The Morgan fingerprint density at radius 2 is 1.73 bits per heavy atom. The summed E-state index contributed by atoms with van der Waals surface area (Å²) < 4.78 is 5.27. The summed E-state index contributed by atoms with van der Waals surface area (Å²) in [5.74, 6) is 0.277. The van der Waals surface area contributed by atoms with Gasteiger partial charge in [-0.3, -0.25) is 5.26 Å². The fourth-order valence-electron chi connectivity index (χ4n) is 0.632. The van der Waals surface area contributed by atoms with Crippen LogP contribution < -0.4 is 0 Å². The molecule has 0 rings (SSSR count). The summed E-state index contributed by atoms with van der Waals surface area (Å²) in [6, 6.07) is 0. The molecule has 0 aromatic heterocycles. The van der Waals surface area contributed by atoms with Crippen LogP contribution in [0.25, 0.3) is 0 Å². The quantitative estimate of drug-likeness (QED) is 0.496. The molecule has 1 unspecified atom stereocenters. The Balaban J connectivity index is 3.52. The zero-order valence-corrected chi connectivity index (χ0v) is 7.70. The van der Waals surface area contributed by atoms with Crippen LogP contribution in [0, 0.1) is 5.92 Å². The van der Waals surface area contributed by atoms with Crippen molar-refractivity contribution in [3.8, 4) is 0 Å². The Bertz CT molecular complexity index is 91.3. The van der Waals surface area contributed by atoms with E-state index in [1.165, 1.54) is 0 Å². The van der Waals surface area contributed by atoms with Gasteiger partial charge < -0.3 is 4.74 Å². The monoisotopic (exact) mass is 162 g/mol. The van der Waals surface area contributed by atoms with E-state index >= 15 is 0 Å². The predicted molar refractivity (Wildman–Crippen MR) is 43.4 cm³/mol. The van der Waals surface area contributed by atoms with E-state index in [0.717, 1.165) is 0 Å². The van der Waals surface area contributed by atoms with Gasteiger partial charge in [-0.15, -0.1) is 0 Å². The van der Waals surface area contributed by atoms with Crippen LogP contribution in [0.3, 0.4) is 0 Å². The Morgan fingerprint density at radius 3 is 2.00 bits per heavy atom. The van der Waals surface area contributed by atoms with E-state index in [1.54, 1.807) is 0 Å². The highest BCUT2D eigenvalue weighted by molar-refractivity contribution is 4.59. The third-order valence-electron chi connectivity index (χ3n) is 1.47. The first-order valence-electron chi connectivity index (χ1n) is 3.99. The van der Waals surface area contributed by atoms with Crippen LogP contribution in [0.5, 0.6) is 0 Å². The summed E-state index contributed by atoms with van der Waals surface area (Å²) in [6.45, 7) is 8.31. The highest BCUT2D eigenvalue weighted by Gasteiger charge is 2.14. The maximum atomic E-state index is 8.43. The van der Waals surface area contributed by atoms with Gasteiger partial charge in [0.1, 0.15) is 6.10 Å². The first-order chi connectivity index (χ1) is 5.07. The molecule has 0 aliphatic rings. The Labute approximate surface area is 68.2 Å². The van der Waals surface area contributed by atoms with Gasteiger partial charge in [0.2, 0.25) is 0 Å². The van der Waals surface area contributed by atoms with Crippen molar-refractivity contribution < 1.29 is 14.9 Å². The van der Waals surface area contributed by atoms with Crippen LogP contribution in [0.2, 0.25) is 0 Å². The second-order valence-electron chi connectivity index (χ2n) is 3.27. The molecule has 0 heterocycles. The van der Waals surface area contributed by atoms with E-state index < -0.39 is 0 Å². The zero-order valence-electron chi connectivity index (χ0n) is 7.70. The lowest BCUT2D eigenvalue weighted by atomic mass is 10.1. The number of hydrogen-bond donors (Lipinski definition) is 1. The molecule has 0 amide bonds. The van der Waals surface area contributed by atoms with Crippen molar-refractivity contribution in [1.29, 1.82) is 0 Å². The maximum absolute atomic E-state index is 8.43. The number of hydrogen-bond acceptors (Lipinski definition) is 3. The van der Waals surface area contributed by atoms with Crippen molar-refractivity contribution in [3.63, 3.8) is 0 Å². The normalized spacial score (nSPS) is 14.5. The average molecular weight is 162 g/mol. The molecule has 0 bridgehead atoms. The van der Waals surface area contributed by atoms with Gasteiger partial charge in [0.25, 0.3) is 0 Å². The van der Waals surface area contributed by atoms with E-state index in [1.807, 2.05) is 27.7 Å². The van der Waals surface area contributed by atoms with Crippen molar-refractivity contribution in [2.45, 2.75) is 39.9 Å².